The third-order valence-electron chi connectivity index (χ3n) is 5.98. The summed E-state index contributed by atoms with van der Waals surface area (Å²) < 4.78 is 11.2. The fourth-order valence-electron chi connectivity index (χ4n) is 4.58. The van der Waals surface area contributed by atoms with Crippen LogP contribution in [-0.4, -0.2) is 49.7 Å². The van der Waals surface area contributed by atoms with Crippen LogP contribution in [0.2, 0.25) is 0 Å². The van der Waals surface area contributed by atoms with Crippen LogP contribution in [0.15, 0.2) is 27.8 Å². The van der Waals surface area contributed by atoms with Gasteiger partial charge in [0.1, 0.15) is 5.76 Å². The molecule has 2 aliphatic heterocycles. The fraction of sp³-hybridized carbons (Fsp3) is 0.750. The standard InChI is InChI=1S/C20H31N3O2/c1-2-6-17-15-23(14-16(17)5-1)20(22-13-19-8-4-12-25-19)21-10-9-18-7-3-11-24-18/h3,7,11,16-17,19H,1-2,4-6,8-10,12-15H2,(H,21,22). The maximum atomic E-state index is 5.76. The van der Waals surface area contributed by atoms with Crippen molar-refractivity contribution in [3.8, 4) is 0 Å². The van der Waals surface area contributed by atoms with E-state index in [0.717, 1.165) is 56.1 Å². The minimum Gasteiger partial charge on any atom is -0.469 e. The van der Waals surface area contributed by atoms with E-state index in [0.29, 0.717) is 6.10 Å². The second kappa shape index (κ2) is 8.26. The van der Waals surface area contributed by atoms with Crippen LogP contribution in [0.1, 0.15) is 44.3 Å². The molecule has 3 fully saturated rings. The van der Waals surface area contributed by atoms with Crippen LogP contribution >= 0.6 is 0 Å². The number of likely N-dealkylation sites (tertiary alicyclic amines) is 1. The van der Waals surface area contributed by atoms with Gasteiger partial charge in [-0.05, 0) is 49.7 Å². The molecule has 0 radical (unpaired) electrons. The third-order valence-corrected chi connectivity index (χ3v) is 5.98. The van der Waals surface area contributed by atoms with E-state index >= 15 is 0 Å². The Morgan fingerprint density at radius 2 is 2.00 bits per heavy atom. The molecule has 0 spiro atoms. The normalized spacial score (nSPS) is 29.8. The predicted octanol–water partition coefficient (Wildman–Crippen LogP) is 3.07. The van der Waals surface area contributed by atoms with Crippen molar-refractivity contribution in [1.82, 2.24) is 10.2 Å². The molecule has 1 saturated carbocycles. The van der Waals surface area contributed by atoms with Crippen LogP contribution in [0.25, 0.3) is 0 Å². The molecule has 3 atom stereocenters. The highest BCUT2D eigenvalue weighted by molar-refractivity contribution is 5.80. The molecular formula is C20H31N3O2. The number of furan rings is 1. The quantitative estimate of drug-likeness (QED) is 0.658. The van der Waals surface area contributed by atoms with E-state index in [2.05, 4.69) is 10.2 Å². The summed E-state index contributed by atoms with van der Waals surface area (Å²) in [5.41, 5.74) is 0. The number of hydrogen-bond acceptors (Lipinski definition) is 3. The molecule has 3 unspecified atom stereocenters. The highest BCUT2D eigenvalue weighted by atomic mass is 16.5. The molecule has 0 bridgehead atoms. The van der Waals surface area contributed by atoms with E-state index in [-0.39, 0.29) is 0 Å². The predicted molar refractivity (Wildman–Crippen MR) is 98.7 cm³/mol. The van der Waals surface area contributed by atoms with Gasteiger partial charge in [0.15, 0.2) is 5.96 Å². The van der Waals surface area contributed by atoms with Crippen molar-refractivity contribution < 1.29 is 9.15 Å². The number of ether oxygens (including phenoxy) is 1. The average molecular weight is 345 g/mol. The fourth-order valence-corrected chi connectivity index (χ4v) is 4.58. The minimum absolute atomic E-state index is 0.312. The summed E-state index contributed by atoms with van der Waals surface area (Å²) in [7, 11) is 0. The zero-order valence-electron chi connectivity index (χ0n) is 15.2. The molecule has 138 valence electrons. The number of fused-ring (bicyclic) bond motifs is 1. The molecule has 0 aromatic carbocycles. The van der Waals surface area contributed by atoms with E-state index in [1.165, 1.54) is 45.2 Å². The van der Waals surface area contributed by atoms with Gasteiger partial charge in [-0.1, -0.05) is 12.8 Å². The zero-order chi connectivity index (χ0) is 16.9. The van der Waals surface area contributed by atoms with Crippen molar-refractivity contribution in [3.05, 3.63) is 24.2 Å². The van der Waals surface area contributed by atoms with Crippen molar-refractivity contribution in [2.24, 2.45) is 16.8 Å². The van der Waals surface area contributed by atoms with Gasteiger partial charge in [0, 0.05) is 32.7 Å². The van der Waals surface area contributed by atoms with Crippen molar-refractivity contribution in [2.45, 2.75) is 51.0 Å². The Kier molecular flexibility index (Phi) is 5.60. The molecule has 1 aliphatic carbocycles. The lowest BCUT2D eigenvalue weighted by atomic mass is 9.82. The molecule has 4 rings (SSSR count). The molecule has 3 aliphatic rings. The van der Waals surface area contributed by atoms with Crippen molar-refractivity contribution in [3.63, 3.8) is 0 Å². The maximum absolute atomic E-state index is 5.76. The van der Waals surface area contributed by atoms with Crippen molar-refractivity contribution in [2.75, 3.05) is 32.8 Å². The van der Waals surface area contributed by atoms with Crippen molar-refractivity contribution >= 4 is 5.96 Å². The number of rotatable bonds is 5. The van der Waals surface area contributed by atoms with Crippen LogP contribution < -0.4 is 5.32 Å². The molecule has 0 amide bonds. The third kappa shape index (κ3) is 4.38. The van der Waals surface area contributed by atoms with Gasteiger partial charge in [-0.25, -0.2) is 0 Å². The van der Waals surface area contributed by atoms with Gasteiger partial charge in [0.2, 0.25) is 0 Å². The summed E-state index contributed by atoms with van der Waals surface area (Å²) in [6.45, 7) is 4.89. The van der Waals surface area contributed by atoms with Crippen molar-refractivity contribution in [1.29, 1.82) is 0 Å². The Hall–Kier alpha value is -1.49. The Balaban J connectivity index is 1.36. The lowest BCUT2D eigenvalue weighted by Crippen LogP contribution is -2.41. The first-order valence-electron chi connectivity index (χ1n) is 10.1. The minimum atomic E-state index is 0.312. The monoisotopic (exact) mass is 345 g/mol. The molecule has 1 aromatic heterocycles. The molecular weight excluding hydrogens is 314 g/mol. The van der Waals surface area contributed by atoms with Gasteiger partial charge in [0.05, 0.1) is 18.9 Å². The molecule has 5 heteroatoms. The second-order valence-corrected chi connectivity index (χ2v) is 7.77. The summed E-state index contributed by atoms with van der Waals surface area (Å²) in [4.78, 5) is 7.44. The van der Waals surface area contributed by atoms with Gasteiger partial charge < -0.3 is 19.4 Å². The number of nitrogens with one attached hydrogen (secondary N) is 1. The molecule has 5 nitrogen and oxygen atoms in total. The van der Waals surface area contributed by atoms with Crippen LogP contribution in [0, 0.1) is 11.8 Å². The van der Waals surface area contributed by atoms with E-state index in [4.69, 9.17) is 14.1 Å². The van der Waals surface area contributed by atoms with Gasteiger partial charge >= 0.3 is 0 Å². The zero-order valence-corrected chi connectivity index (χ0v) is 15.2. The molecule has 3 heterocycles. The van der Waals surface area contributed by atoms with E-state index in [1.54, 1.807) is 6.26 Å². The highest BCUT2D eigenvalue weighted by Gasteiger charge is 2.35. The van der Waals surface area contributed by atoms with Crippen LogP contribution in [0.5, 0.6) is 0 Å². The average Bonchev–Trinajstić information content (AvgIpc) is 3.39. The summed E-state index contributed by atoms with van der Waals surface area (Å²) >= 11 is 0. The smallest absolute Gasteiger partial charge is 0.194 e. The van der Waals surface area contributed by atoms with Gasteiger partial charge in [-0.2, -0.15) is 0 Å². The Bertz CT molecular complexity index is 537. The van der Waals surface area contributed by atoms with Gasteiger partial charge in [-0.3, -0.25) is 4.99 Å². The number of hydrogen-bond donors (Lipinski definition) is 1. The summed E-state index contributed by atoms with van der Waals surface area (Å²) in [5, 5.41) is 3.59. The van der Waals surface area contributed by atoms with Gasteiger partial charge in [0.25, 0.3) is 0 Å². The molecule has 1 N–H and O–H groups in total. The van der Waals surface area contributed by atoms with E-state index in [1.807, 2.05) is 12.1 Å². The SMILES string of the molecule is c1coc(CCNC(=NCC2CCCO2)N2CC3CCCCC3C2)c1. The first kappa shape index (κ1) is 17.0. The largest absolute Gasteiger partial charge is 0.469 e. The Morgan fingerprint density at radius 3 is 2.68 bits per heavy atom. The van der Waals surface area contributed by atoms with Gasteiger partial charge in [-0.15, -0.1) is 0 Å². The lowest BCUT2D eigenvalue weighted by Gasteiger charge is -2.22. The lowest BCUT2D eigenvalue weighted by molar-refractivity contribution is 0.117. The molecule has 1 aromatic rings. The summed E-state index contributed by atoms with van der Waals surface area (Å²) in [6, 6.07) is 3.99. The van der Waals surface area contributed by atoms with Crippen LogP contribution in [-0.2, 0) is 11.2 Å². The number of guanidine groups is 1. The molecule has 25 heavy (non-hydrogen) atoms. The summed E-state index contributed by atoms with van der Waals surface area (Å²) in [6.07, 6.45) is 10.9. The number of nitrogens with zero attached hydrogens (tertiary/aromatic N) is 2. The second-order valence-electron chi connectivity index (χ2n) is 7.77. The number of aliphatic imine (C=N–C) groups is 1. The Labute approximate surface area is 150 Å². The molecule has 2 saturated heterocycles. The van der Waals surface area contributed by atoms with Crippen LogP contribution in [0.3, 0.4) is 0 Å². The van der Waals surface area contributed by atoms with E-state index in [9.17, 15) is 0 Å². The van der Waals surface area contributed by atoms with Crippen LogP contribution in [0.4, 0.5) is 0 Å². The summed E-state index contributed by atoms with van der Waals surface area (Å²) in [5.74, 6) is 3.85. The first-order chi connectivity index (χ1) is 12.4. The Morgan fingerprint density at radius 1 is 1.16 bits per heavy atom. The van der Waals surface area contributed by atoms with E-state index < -0.39 is 0 Å². The first-order valence-corrected chi connectivity index (χ1v) is 10.1. The highest BCUT2D eigenvalue weighted by Crippen LogP contribution is 2.36. The maximum Gasteiger partial charge on any atom is 0.194 e. The topological polar surface area (TPSA) is 50.0 Å².